The van der Waals surface area contributed by atoms with Gasteiger partial charge in [-0.15, -0.1) is 0 Å². The molecule has 3 aromatic heterocycles. The van der Waals surface area contributed by atoms with Gasteiger partial charge in [-0.2, -0.15) is 4.98 Å². The minimum atomic E-state index is -0.671. The molecule has 1 saturated heterocycles. The molecule has 0 spiro atoms. The second-order valence-electron chi connectivity index (χ2n) is 13.7. The predicted molar refractivity (Wildman–Crippen MR) is 202 cm³/mol. The van der Waals surface area contributed by atoms with Crippen molar-refractivity contribution in [2.24, 2.45) is 0 Å². The molecule has 1 aliphatic heterocycles. The number of nitrogens with zero attached hydrogens (tertiary/aromatic N) is 3. The van der Waals surface area contributed by atoms with Gasteiger partial charge in [0.1, 0.15) is 5.65 Å². The SMILES string of the molecule is COc1nc(-c2cccc(-c3cccc(-c4ccn5c(=O)c(CNC6CC(C)(O)C6)c(OC)nc5c4)c3Cl)c2Cl)ccc1CNC[C@H]1CCC(=O)N1. The van der Waals surface area contributed by atoms with Gasteiger partial charge in [-0.05, 0) is 49.9 Å². The van der Waals surface area contributed by atoms with Crippen LogP contribution in [0.3, 0.4) is 0 Å². The molecule has 0 unspecified atom stereocenters. The summed E-state index contributed by atoms with van der Waals surface area (Å²) in [5, 5.41) is 20.7. The van der Waals surface area contributed by atoms with Crippen molar-refractivity contribution in [1.82, 2.24) is 30.3 Å². The highest BCUT2D eigenvalue weighted by Crippen LogP contribution is 2.42. The van der Waals surface area contributed by atoms with Crippen LogP contribution in [-0.2, 0) is 17.9 Å². The molecule has 4 N–H and O–H groups in total. The summed E-state index contributed by atoms with van der Waals surface area (Å²) in [5.74, 6) is 0.823. The van der Waals surface area contributed by atoms with Crippen LogP contribution in [0.25, 0.3) is 39.2 Å². The molecular formula is C39H40Cl2N6O5. The van der Waals surface area contributed by atoms with Gasteiger partial charge in [0.15, 0.2) is 0 Å². The van der Waals surface area contributed by atoms with E-state index in [2.05, 4.69) is 20.9 Å². The Bertz CT molecular complexity index is 2220. The normalized spacial score (nSPS) is 19.8. The largest absolute Gasteiger partial charge is 0.481 e. The third-order valence-electron chi connectivity index (χ3n) is 9.82. The molecule has 0 radical (unpaired) electrons. The van der Waals surface area contributed by atoms with Gasteiger partial charge in [-0.1, -0.05) is 65.7 Å². The van der Waals surface area contributed by atoms with Gasteiger partial charge in [0.05, 0.1) is 41.1 Å². The maximum absolute atomic E-state index is 13.5. The minimum absolute atomic E-state index is 0.0902. The number of aromatic nitrogens is 3. The van der Waals surface area contributed by atoms with Crippen molar-refractivity contribution < 1.29 is 19.4 Å². The lowest BCUT2D eigenvalue weighted by Gasteiger charge is -2.41. The second kappa shape index (κ2) is 14.8. The monoisotopic (exact) mass is 742 g/mol. The standard InChI is InChI=1S/C39H40Cl2N6O5/c1-39(50)17-25(18-39)43-21-30-37(52-3)46-32-16-22(14-15-47(32)38(30)49)26-6-4-7-27(34(26)40)28-8-5-9-29(35(28)41)31-12-10-23(36(45-31)51-2)19-42-20-24-11-13-33(48)44-24/h4-10,12,14-16,24-25,42-43,50H,11,13,17-21H2,1-3H3,(H,44,48)/t24-,25?,39?/m1/s1. The number of carbonyl (C=O) groups excluding carboxylic acids is 1. The van der Waals surface area contributed by atoms with E-state index in [1.54, 1.807) is 20.2 Å². The van der Waals surface area contributed by atoms with Gasteiger partial charge < -0.3 is 30.5 Å². The first kappa shape index (κ1) is 35.9. The summed E-state index contributed by atoms with van der Waals surface area (Å²) in [6.45, 7) is 3.29. The lowest BCUT2D eigenvalue weighted by Crippen LogP contribution is -2.51. The summed E-state index contributed by atoms with van der Waals surface area (Å²) < 4.78 is 12.7. The van der Waals surface area contributed by atoms with Gasteiger partial charge in [0.25, 0.3) is 5.56 Å². The number of halogens is 2. The van der Waals surface area contributed by atoms with E-state index in [0.717, 1.165) is 39.8 Å². The number of ether oxygens (including phenoxy) is 2. The van der Waals surface area contributed by atoms with Crippen LogP contribution in [0.2, 0.25) is 10.0 Å². The number of hydrogen-bond acceptors (Lipinski definition) is 9. The zero-order valence-electron chi connectivity index (χ0n) is 29.1. The van der Waals surface area contributed by atoms with Gasteiger partial charge >= 0.3 is 0 Å². The van der Waals surface area contributed by atoms with E-state index in [4.69, 9.17) is 37.7 Å². The fourth-order valence-electron chi connectivity index (χ4n) is 7.08. The number of hydrogen-bond donors (Lipinski definition) is 4. The maximum atomic E-state index is 13.5. The van der Waals surface area contributed by atoms with Gasteiger partial charge in [0, 0.05) is 72.2 Å². The molecule has 11 nitrogen and oxygen atoms in total. The van der Waals surface area contributed by atoms with Crippen LogP contribution < -0.4 is 31.0 Å². The molecule has 270 valence electrons. The summed E-state index contributed by atoms with van der Waals surface area (Å²) in [7, 11) is 3.08. The Hall–Kier alpha value is -4.52. The van der Waals surface area contributed by atoms with Crippen molar-refractivity contribution in [3.05, 3.63) is 98.4 Å². The molecular weight excluding hydrogens is 703 g/mol. The molecule has 7 rings (SSSR count). The van der Waals surface area contributed by atoms with Crippen LogP contribution in [-0.4, -0.2) is 63.8 Å². The van der Waals surface area contributed by atoms with E-state index >= 15 is 0 Å². The second-order valence-corrected chi connectivity index (χ2v) is 14.4. The quantitative estimate of drug-likeness (QED) is 0.125. The van der Waals surface area contributed by atoms with E-state index < -0.39 is 5.60 Å². The van der Waals surface area contributed by atoms with Crippen molar-refractivity contribution in [3.63, 3.8) is 0 Å². The van der Waals surface area contributed by atoms with E-state index in [1.165, 1.54) is 11.5 Å². The third kappa shape index (κ3) is 7.24. The number of amides is 1. The van der Waals surface area contributed by atoms with Gasteiger partial charge in [0.2, 0.25) is 17.7 Å². The zero-order valence-corrected chi connectivity index (χ0v) is 30.6. The fourth-order valence-corrected chi connectivity index (χ4v) is 7.74. The Morgan fingerprint density at radius 1 is 0.923 bits per heavy atom. The van der Waals surface area contributed by atoms with Crippen LogP contribution in [0, 0.1) is 0 Å². The summed E-state index contributed by atoms with van der Waals surface area (Å²) in [6.07, 6.45) is 4.33. The average Bonchev–Trinajstić information content (AvgIpc) is 3.55. The summed E-state index contributed by atoms with van der Waals surface area (Å²) >= 11 is 14.2. The number of rotatable bonds is 12. The topological polar surface area (TPSA) is 139 Å². The zero-order chi connectivity index (χ0) is 36.6. The number of aliphatic hydroxyl groups is 1. The van der Waals surface area contributed by atoms with Gasteiger partial charge in [-0.25, -0.2) is 4.98 Å². The molecule has 1 atom stereocenters. The van der Waals surface area contributed by atoms with Crippen LogP contribution in [0.5, 0.6) is 11.8 Å². The molecule has 13 heteroatoms. The Morgan fingerprint density at radius 2 is 1.62 bits per heavy atom. The number of fused-ring (bicyclic) bond motifs is 1. The van der Waals surface area contributed by atoms with Crippen LogP contribution in [0.4, 0.5) is 0 Å². The third-order valence-corrected chi connectivity index (χ3v) is 10.6. The van der Waals surface area contributed by atoms with Crippen molar-refractivity contribution in [1.29, 1.82) is 0 Å². The molecule has 1 amide bonds. The van der Waals surface area contributed by atoms with Crippen LogP contribution >= 0.6 is 23.2 Å². The average molecular weight is 744 g/mol. The Balaban J connectivity index is 1.14. The fraction of sp³-hybridized carbons (Fsp3) is 0.333. The van der Waals surface area contributed by atoms with E-state index in [9.17, 15) is 14.7 Å². The number of nitrogens with one attached hydrogen (secondary N) is 3. The molecule has 1 saturated carbocycles. The minimum Gasteiger partial charge on any atom is -0.481 e. The summed E-state index contributed by atoms with van der Waals surface area (Å²) in [5.41, 5.74) is 5.17. The molecule has 2 aromatic carbocycles. The molecule has 1 aliphatic carbocycles. The Kier molecular flexibility index (Phi) is 10.2. The van der Waals surface area contributed by atoms with Crippen molar-refractivity contribution in [2.45, 2.75) is 63.4 Å². The Morgan fingerprint density at radius 3 is 2.29 bits per heavy atom. The van der Waals surface area contributed by atoms with Crippen LogP contribution in [0.15, 0.2) is 71.7 Å². The van der Waals surface area contributed by atoms with Crippen molar-refractivity contribution >= 4 is 34.8 Å². The molecule has 2 fully saturated rings. The van der Waals surface area contributed by atoms with Crippen molar-refractivity contribution in [3.8, 4) is 45.3 Å². The Labute approximate surface area is 311 Å². The molecule has 5 aromatic rings. The number of methoxy groups -OCH3 is 2. The number of pyridine rings is 2. The molecule has 4 heterocycles. The highest BCUT2D eigenvalue weighted by atomic mass is 35.5. The number of carbonyl (C=O) groups is 1. The molecule has 0 bridgehead atoms. The first-order chi connectivity index (χ1) is 25.0. The molecule has 52 heavy (non-hydrogen) atoms. The maximum Gasteiger partial charge on any atom is 0.266 e. The highest BCUT2D eigenvalue weighted by molar-refractivity contribution is 6.39. The van der Waals surface area contributed by atoms with Crippen LogP contribution in [0.1, 0.15) is 43.7 Å². The lowest BCUT2D eigenvalue weighted by molar-refractivity contribution is -0.119. The first-order valence-corrected chi connectivity index (χ1v) is 18.0. The summed E-state index contributed by atoms with van der Waals surface area (Å²) in [4.78, 5) is 34.5. The predicted octanol–water partition coefficient (Wildman–Crippen LogP) is 5.79. The van der Waals surface area contributed by atoms with Crippen molar-refractivity contribution in [2.75, 3.05) is 20.8 Å². The van der Waals surface area contributed by atoms with E-state index in [1.807, 2.05) is 60.7 Å². The highest BCUT2D eigenvalue weighted by Gasteiger charge is 2.38. The number of benzene rings is 2. The molecule has 2 aliphatic rings. The first-order valence-electron chi connectivity index (χ1n) is 17.2. The smallest absolute Gasteiger partial charge is 0.266 e. The summed E-state index contributed by atoms with van der Waals surface area (Å²) in [6, 6.07) is 19.3. The lowest BCUT2D eigenvalue weighted by atomic mass is 9.77. The van der Waals surface area contributed by atoms with E-state index in [0.29, 0.717) is 65.2 Å². The van der Waals surface area contributed by atoms with E-state index in [-0.39, 0.29) is 36.0 Å². The van der Waals surface area contributed by atoms with Gasteiger partial charge in [-0.3, -0.25) is 14.0 Å².